The van der Waals surface area contributed by atoms with Crippen molar-refractivity contribution < 1.29 is 13.9 Å². The van der Waals surface area contributed by atoms with Gasteiger partial charge in [0.05, 0.1) is 0 Å². The first kappa shape index (κ1) is 14.2. The fourth-order valence-electron chi connectivity index (χ4n) is 1.81. The van der Waals surface area contributed by atoms with E-state index < -0.39 is 17.3 Å². The van der Waals surface area contributed by atoms with Crippen molar-refractivity contribution in [3.8, 4) is 0 Å². The highest BCUT2D eigenvalue weighted by atomic mass is 19.1. The molecule has 0 fully saturated rings. The zero-order valence-corrected chi connectivity index (χ0v) is 11.2. The van der Waals surface area contributed by atoms with Gasteiger partial charge in [0.15, 0.2) is 0 Å². The molecule has 0 aliphatic rings. The number of carbonyl (C=O) groups is 1. The van der Waals surface area contributed by atoms with E-state index in [-0.39, 0.29) is 6.61 Å². The maximum absolute atomic E-state index is 13.4. The third kappa shape index (κ3) is 3.03. The lowest BCUT2D eigenvalue weighted by atomic mass is 9.93. The number of ether oxygens (including phenoxy) is 1. The van der Waals surface area contributed by atoms with Crippen molar-refractivity contribution in [2.24, 2.45) is 5.73 Å². The maximum Gasteiger partial charge on any atom is 0.330 e. The van der Waals surface area contributed by atoms with Crippen molar-refractivity contribution in [2.75, 3.05) is 0 Å². The Hall–Kier alpha value is -2.20. The first-order chi connectivity index (χ1) is 9.51. The Kier molecular flexibility index (Phi) is 4.15. The van der Waals surface area contributed by atoms with Crippen LogP contribution in [0.1, 0.15) is 18.1 Å². The van der Waals surface area contributed by atoms with Crippen molar-refractivity contribution in [3.05, 3.63) is 71.5 Å². The Morgan fingerprint density at radius 3 is 2.40 bits per heavy atom. The number of nitrogens with two attached hydrogens (primary N) is 1. The van der Waals surface area contributed by atoms with Gasteiger partial charge >= 0.3 is 5.97 Å². The van der Waals surface area contributed by atoms with E-state index in [2.05, 4.69) is 0 Å². The van der Waals surface area contributed by atoms with Crippen LogP contribution in [0.4, 0.5) is 4.39 Å². The van der Waals surface area contributed by atoms with Gasteiger partial charge in [-0.1, -0.05) is 48.5 Å². The summed E-state index contributed by atoms with van der Waals surface area (Å²) in [7, 11) is 0. The summed E-state index contributed by atoms with van der Waals surface area (Å²) in [6, 6.07) is 15.1. The summed E-state index contributed by atoms with van der Waals surface area (Å²) < 4.78 is 18.6. The van der Waals surface area contributed by atoms with Gasteiger partial charge in [0.25, 0.3) is 0 Å². The molecule has 0 amide bonds. The van der Waals surface area contributed by atoms with Crippen LogP contribution in [0.3, 0.4) is 0 Å². The van der Waals surface area contributed by atoms with Gasteiger partial charge < -0.3 is 10.5 Å². The molecule has 2 rings (SSSR count). The van der Waals surface area contributed by atoms with Crippen molar-refractivity contribution in [1.82, 2.24) is 0 Å². The van der Waals surface area contributed by atoms with Gasteiger partial charge in [0.1, 0.15) is 18.0 Å². The zero-order chi connectivity index (χ0) is 14.6. The Labute approximate surface area is 117 Å². The third-order valence-corrected chi connectivity index (χ3v) is 3.11. The minimum Gasteiger partial charge on any atom is -0.459 e. The van der Waals surface area contributed by atoms with Crippen LogP contribution in [0.5, 0.6) is 0 Å². The zero-order valence-electron chi connectivity index (χ0n) is 11.2. The topological polar surface area (TPSA) is 52.3 Å². The average Bonchev–Trinajstić information content (AvgIpc) is 2.47. The third-order valence-electron chi connectivity index (χ3n) is 3.11. The number of halogens is 1. The summed E-state index contributed by atoms with van der Waals surface area (Å²) in [5, 5.41) is 0. The maximum atomic E-state index is 13.4. The number of rotatable bonds is 4. The minimum atomic E-state index is -1.26. The lowest BCUT2D eigenvalue weighted by molar-refractivity contribution is -0.151. The smallest absolute Gasteiger partial charge is 0.330 e. The predicted molar refractivity (Wildman–Crippen MR) is 74.2 cm³/mol. The Morgan fingerprint density at radius 1 is 1.15 bits per heavy atom. The summed E-state index contributed by atoms with van der Waals surface area (Å²) in [5.41, 5.74) is 5.73. The molecule has 0 aliphatic carbocycles. The normalized spacial score (nSPS) is 13.6. The average molecular weight is 273 g/mol. The number of hydrogen-bond acceptors (Lipinski definition) is 3. The standard InChI is InChI=1S/C16H16FNO2/c1-16(18,13-8-3-2-4-9-13)15(19)20-11-12-7-5-6-10-14(12)17/h2-10H,11,18H2,1H3. The molecule has 4 heteroatoms. The molecule has 2 aromatic rings. The largest absolute Gasteiger partial charge is 0.459 e. The molecule has 0 radical (unpaired) electrons. The Balaban J connectivity index is 2.07. The van der Waals surface area contributed by atoms with E-state index in [1.54, 1.807) is 49.4 Å². The second kappa shape index (κ2) is 5.84. The van der Waals surface area contributed by atoms with Gasteiger partial charge in [-0.05, 0) is 18.6 Å². The molecule has 2 N–H and O–H groups in total. The van der Waals surface area contributed by atoms with Gasteiger partial charge in [0, 0.05) is 5.56 Å². The first-order valence-corrected chi connectivity index (χ1v) is 6.27. The first-order valence-electron chi connectivity index (χ1n) is 6.27. The summed E-state index contributed by atoms with van der Waals surface area (Å²) in [6.45, 7) is 1.44. The highest BCUT2D eigenvalue weighted by Gasteiger charge is 2.32. The second-order valence-electron chi connectivity index (χ2n) is 4.74. The highest BCUT2D eigenvalue weighted by Crippen LogP contribution is 2.20. The Bertz CT molecular complexity index is 596. The molecular formula is C16H16FNO2. The van der Waals surface area contributed by atoms with E-state index in [9.17, 15) is 9.18 Å². The van der Waals surface area contributed by atoms with Gasteiger partial charge in [-0.25, -0.2) is 9.18 Å². The molecule has 0 aromatic heterocycles. The lowest BCUT2D eigenvalue weighted by Gasteiger charge is -2.23. The van der Waals surface area contributed by atoms with Gasteiger partial charge in [-0.15, -0.1) is 0 Å². The van der Waals surface area contributed by atoms with Crippen LogP contribution < -0.4 is 5.73 Å². The molecule has 0 saturated carbocycles. The van der Waals surface area contributed by atoms with E-state index in [0.29, 0.717) is 11.1 Å². The van der Waals surface area contributed by atoms with Crippen LogP contribution in [-0.4, -0.2) is 5.97 Å². The molecule has 0 heterocycles. The molecular weight excluding hydrogens is 257 g/mol. The quantitative estimate of drug-likeness (QED) is 0.871. The fraction of sp³-hybridized carbons (Fsp3) is 0.188. The molecule has 0 bridgehead atoms. The van der Waals surface area contributed by atoms with Gasteiger partial charge in [-0.3, -0.25) is 0 Å². The number of hydrogen-bond donors (Lipinski definition) is 1. The van der Waals surface area contributed by atoms with Crippen molar-refractivity contribution in [1.29, 1.82) is 0 Å². The molecule has 20 heavy (non-hydrogen) atoms. The molecule has 1 atom stereocenters. The fourth-order valence-corrected chi connectivity index (χ4v) is 1.81. The molecule has 104 valence electrons. The van der Waals surface area contributed by atoms with Crippen LogP contribution in [0, 0.1) is 5.82 Å². The predicted octanol–water partition coefficient (Wildman–Crippen LogP) is 2.74. The van der Waals surface area contributed by atoms with E-state index in [1.807, 2.05) is 6.07 Å². The van der Waals surface area contributed by atoms with Crippen LogP contribution in [0.15, 0.2) is 54.6 Å². The van der Waals surface area contributed by atoms with E-state index >= 15 is 0 Å². The molecule has 0 aliphatic heterocycles. The summed E-state index contributed by atoms with van der Waals surface area (Å²) in [6.07, 6.45) is 0. The Morgan fingerprint density at radius 2 is 1.75 bits per heavy atom. The monoisotopic (exact) mass is 273 g/mol. The number of benzene rings is 2. The summed E-state index contributed by atoms with van der Waals surface area (Å²) >= 11 is 0. The van der Waals surface area contributed by atoms with E-state index in [0.717, 1.165) is 0 Å². The molecule has 0 saturated heterocycles. The van der Waals surface area contributed by atoms with Gasteiger partial charge in [-0.2, -0.15) is 0 Å². The number of carbonyl (C=O) groups excluding carboxylic acids is 1. The van der Waals surface area contributed by atoms with Crippen molar-refractivity contribution in [2.45, 2.75) is 19.1 Å². The van der Waals surface area contributed by atoms with Crippen LogP contribution >= 0.6 is 0 Å². The summed E-state index contributed by atoms with van der Waals surface area (Å²) in [4.78, 5) is 12.1. The lowest BCUT2D eigenvalue weighted by Crippen LogP contribution is -2.43. The molecule has 2 aromatic carbocycles. The summed E-state index contributed by atoms with van der Waals surface area (Å²) in [5.74, 6) is -0.995. The molecule has 3 nitrogen and oxygen atoms in total. The molecule has 1 unspecified atom stereocenters. The second-order valence-corrected chi connectivity index (χ2v) is 4.74. The van der Waals surface area contributed by atoms with Crippen LogP contribution in [-0.2, 0) is 21.7 Å². The van der Waals surface area contributed by atoms with Gasteiger partial charge in [0.2, 0.25) is 0 Å². The minimum absolute atomic E-state index is 0.134. The number of esters is 1. The van der Waals surface area contributed by atoms with Crippen molar-refractivity contribution >= 4 is 5.97 Å². The molecule has 0 spiro atoms. The highest BCUT2D eigenvalue weighted by molar-refractivity contribution is 5.81. The van der Waals surface area contributed by atoms with Crippen LogP contribution in [0.25, 0.3) is 0 Å². The van der Waals surface area contributed by atoms with Crippen molar-refractivity contribution in [3.63, 3.8) is 0 Å². The van der Waals surface area contributed by atoms with Crippen LogP contribution in [0.2, 0.25) is 0 Å². The van der Waals surface area contributed by atoms with E-state index in [1.165, 1.54) is 6.07 Å². The van der Waals surface area contributed by atoms with E-state index in [4.69, 9.17) is 10.5 Å². The SMILES string of the molecule is CC(N)(C(=O)OCc1ccccc1F)c1ccccc1.